The molecule has 1 fully saturated rings. The van der Waals surface area contributed by atoms with E-state index in [9.17, 15) is 12.8 Å². The van der Waals surface area contributed by atoms with E-state index in [0.29, 0.717) is 18.5 Å². The Kier molecular flexibility index (Phi) is 4.72. The van der Waals surface area contributed by atoms with Crippen molar-refractivity contribution in [2.24, 2.45) is 5.73 Å². The first-order valence-corrected chi connectivity index (χ1v) is 6.88. The largest absolute Gasteiger partial charge is 0.326 e. The first-order chi connectivity index (χ1) is 7.93. The number of nitrogens with two attached hydrogens (primary N) is 1. The molecule has 0 aliphatic carbocycles. The Morgan fingerprint density at radius 2 is 2.11 bits per heavy atom. The van der Waals surface area contributed by atoms with E-state index < -0.39 is 15.8 Å². The molecule has 0 aromatic heterocycles. The topological polar surface area (TPSA) is 63.4 Å². The van der Waals surface area contributed by atoms with Crippen LogP contribution in [-0.2, 0) is 10.0 Å². The second kappa shape index (κ2) is 5.52. The van der Waals surface area contributed by atoms with Gasteiger partial charge < -0.3 is 5.73 Å². The summed E-state index contributed by atoms with van der Waals surface area (Å²) in [7, 11) is -3.75. The molecule has 1 aliphatic rings. The zero-order chi connectivity index (χ0) is 12.6. The standard InChI is InChI=1S/C11H15FN2O2S.ClH/c1-8-3-2-4-10(12)11(8)17(15,16)14-6-5-9(13)7-14;/h2-4,9H,5-7,13H2,1H3;1H/t9-;/m1./s1. The van der Waals surface area contributed by atoms with Crippen molar-refractivity contribution in [3.8, 4) is 0 Å². The SMILES string of the molecule is Cc1cccc(F)c1S(=O)(=O)N1CC[C@@H](N)C1.Cl. The van der Waals surface area contributed by atoms with Crippen LogP contribution < -0.4 is 5.73 Å². The molecule has 1 aromatic rings. The van der Waals surface area contributed by atoms with Crippen molar-refractivity contribution in [1.82, 2.24) is 4.31 Å². The normalized spacial score (nSPS) is 20.7. The first kappa shape index (κ1) is 15.4. The number of rotatable bonds is 2. The molecule has 1 atom stereocenters. The van der Waals surface area contributed by atoms with Crippen molar-refractivity contribution >= 4 is 22.4 Å². The maximum Gasteiger partial charge on any atom is 0.246 e. The van der Waals surface area contributed by atoms with Gasteiger partial charge in [-0.25, -0.2) is 12.8 Å². The summed E-state index contributed by atoms with van der Waals surface area (Å²) >= 11 is 0. The van der Waals surface area contributed by atoms with Crippen molar-refractivity contribution in [2.75, 3.05) is 13.1 Å². The van der Waals surface area contributed by atoms with Gasteiger partial charge in [-0.15, -0.1) is 12.4 Å². The molecular formula is C11H16ClFN2O2S. The number of nitrogens with zero attached hydrogens (tertiary/aromatic N) is 1. The highest BCUT2D eigenvalue weighted by Gasteiger charge is 2.33. The van der Waals surface area contributed by atoms with Gasteiger partial charge in [-0.05, 0) is 25.0 Å². The molecule has 18 heavy (non-hydrogen) atoms. The van der Waals surface area contributed by atoms with Crippen LogP contribution in [0.4, 0.5) is 4.39 Å². The molecule has 0 bridgehead atoms. The van der Waals surface area contributed by atoms with Gasteiger partial charge in [0.2, 0.25) is 10.0 Å². The average Bonchev–Trinajstić information content (AvgIpc) is 2.64. The highest BCUT2D eigenvalue weighted by atomic mass is 35.5. The number of halogens is 2. The Hall–Kier alpha value is -0.690. The van der Waals surface area contributed by atoms with Crippen molar-refractivity contribution in [3.63, 3.8) is 0 Å². The molecule has 7 heteroatoms. The third kappa shape index (κ3) is 2.66. The van der Waals surface area contributed by atoms with Crippen LogP contribution in [0.5, 0.6) is 0 Å². The van der Waals surface area contributed by atoms with E-state index in [-0.39, 0.29) is 29.9 Å². The fourth-order valence-corrected chi connectivity index (χ4v) is 3.83. The highest BCUT2D eigenvalue weighted by molar-refractivity contribution is 7.89. The second-order valence-corrected chi connectivity index (χ2v) is 6.17. The smallest absolute Gasteiger partial charge is 0.246 e. The van der Waals surface area contributed by atoms with Gasteiger partial charge in [0.25, 0.3) is 0 Å². The molecule has 0 spiro atoms. The van der Waals surface area contributed by atoms with E-state index >= 15 is 0 Å². The van der Waals surface area contributed by atoms with E-state index in [0.717, 1.165) is 6.07 Å². The average molecular weight is 295 g/mol. The van der Waals surface area contributed by atoms with Crippen molar-refractivity contribution in [2.45, 2.75) is 24.3 Å². The summed E-state index contributed by atoms with van der Waals surface area (Å²) in [4.78, 5) is -0.228. The summed E-state index contributed by atoms with van der Waals surface area (Å²) in [6.07, 6.45) is 0.618. The molecule has 1 aliphatic heterocycles. The highest BCUT2D eigenvalue weighted by Crippen LogP contribution is 2.25. The quantitative estimate of drug-likeness (QED) is 0.894. The summed E-state index contributed by atoms with van der Waals surface area (Å²) in [5, 5.41) is 0. The van der Waals surface area contributed by atoms with Crippen molar-refractivity contribution in [3.05, 3.63) is 29.6 Å². The maximum atomic E-state index is 13.7. The van der Waals surface area contributed by atoms with Gasteiger partial charge >= 0.3 is 0 Å². The molecule has 1 saturated heterocycles. The first-order valence-electron chi connectivity index (χ1n) is 5.44. The van der Waals surface area contributed by atoms with Gasteiger partial charge in [-0.2, -0.15) is 4.31 Å². The van der Waals surface area contributed by atoms with Crippen LogP contribution >= 0.6 is 12.4 Å². The van der Waals surface area contributed by atoms with Crippen LogP contribution in [0.15, 0.2) is 23.1 Å². The predicted molar refractivity (Wildman–Crippen MR) is 69.7 cm³/mol. The zero-order valence-electron chi connectivity index (χ0n) is 9.97. The molecule has 0 unspecified atom stereocenters. The fraction of sp³-hybridized carbons (Fsp3) is 0.455. The van der Waals surface area contributed by atoms with Crippen LogP contribution in [0.2, 0.25) is 0 Å². The van der Waals surface area contributed by atoms with E-state index in [1.54, 1.807) is 13.0 Å². The second-order valence-electron chi connectivity index (χ2n) is 4.30. The van der Waals surface area contributed by atoms with Crippen molar-refractivity contribution < 1.29 is 12.8 Å². The van der Waals surface area contributed by atoms with E-state index in [2.05, 4.69) is 0 Å². The summed E-state index contributed by atoms with van der Waals surface area (Å²) < 4.78 is 39.4. The lowest BCUT2D eigenvalue weighted by molar-refractivity contribution is 0.464. The van der Waals surface area contributed by atoms with Crippen LogP contribution in [-0.4, -0.2) is 31.9 Å². The molecule has 2 rings (SSSR count). The van der Waals surface area contributed by atoms with Gasteiger partial charge in [-0.3, -0.25) is 0 Å². The van der Waals surface area contributed by atoms with E-state index in [1.807, 2.05) is 0 Å². The van der Waals surface area contributed by atoms with Gasteiger partial charge in [0.15, 0.2) is 0 Å². The Morgan fingerprint density at radius 1 is 1.44 bits per heavy atom. The number of sulfonamides is 1. The molecule has 102 valence electrons. The van der Waals surface area contributed by atoms with Gasteiger partial charge in [0, 0.05) is 19.1 Å². The third-order valence-corrected chi connectivity index (χ3v) is 4.99. The van der Waals surface area contributed by atoms with Crippen molar-refractivity contribution in [1.29, 1.82) is 0 Å². The van der Waals surface area contributed by atoms with Crippen LogP contribution in [0.3, 0.4) is 0 Å². The number of benzene rings is 1. The van der Waals surface area contributed by atoms with E-state index in [1.165, 1.54) is 10.4 Å². The van der Waals surface area contributed by atoms with Crippen LogP contribution in [0, 0.1) is 12.7 Å². The molecule has 1 heterocycles. The zero-order valence-corrected chi connectivity index (χ0v) is 11.6. The minimum absolute atomic E-state index is 0. The molecule has 0 saturated carbocycles. The Morgan fingerprint density at radius 3 is 2.61 bits per heavy atom. The summed E-state index contributed by atoms with van der Waals surface area (Å²) in [6.45, 7) is 2.21. The molecular weight excluding hydrogens is 279 g/mol. The monoisotopic (exact) mass is 294 g/mol. The maximum absolute atomic E-state index is 13.7. The lowest BCUT2D eigenvalue weighted by atomic mass is 10.2. The van der Waals surface area contributed by atoms with E-state index in [4.69, 9.17) is 5.73 Å². The van der Waals surface area contributed by atoms with Crippen LogP contribution in [0.1, 0.15) is 12.0 Å². The number of hydrogen-bond acceptors (Lipinski definition) is 3. The number of hydrogen-bond donors (Lipinski definition) is 1. The minimum atomic E-state index is -3.75. The lowest BCUT2D eigenvalue weighted by Gasteiger charge is -2.17. The molecule has 0 radical (unpaired) electrons. The molecule has 2 N–H and O–H groups in total. The summed E-state index contributed by atoms with van der Waals surface area (Å²) in [6, 6.07) is 4.10. The third-order valence-electron chi connectivity index (χ3n) is 2.95. The fourth-order valence-electron chi connectivity index (χ4n) is 2.04. The Labute approximate surface area is 112 Å². The molecule has 4 nitrogen and oxygen atoms in total. The predicted octanol–water partition coefficient (Wildman–Crippen LogP) is 1.28. The van der Waals surface area contributed by atoms with Gasteiger partial charge in [0.1, 0.15) is 10.7 Å². The summed E-state index contributed by atoms with van der Waals surface area (Å²) in [5.74, 6) is -0.703. The Balaban J connectivity index is 0.00000162. The Bertz CT molecular complexity index is 516. The minimum Gasteiger partial charge on any atom is -0.326 e. The molecule has 0 amide bonds. The summed E-state index contributed by atoms with van der Waals surface area (Å²) in [5.41, 5.74) is 6.10. The van der Waals surface area contributed by atoms with Gasteiger partial charge in [0.05, 0.1) is 0 Å². The number of aryl methyl sites for hydroxylation is 1. The molecule has 1 aromatic carbocycles. The van der Waals surface area contributed by atoms with Gasteiger partial charge in [-0.1, -0.05) is 12.1 Å². The van der Waals surface area contributed by atoms with Crippen LogP contribution in [0.25, 0.3) is 0 Å². The lowest BCUT2D eigenvalue weighted by Crippen LogP contribution is -2.32.